The Kier molecular flexibility index (Phi) is 11.5. The second kappa shape index (κ2) is 14.8. The van der Waals surface area contributed by atoms with Crippen molar-refractivity contribution in [1.29, 1.82) is 0 Å². The van der Waals surface area contributed by atoms with Crippen molar-refractivity contribution < 1.29 is 33.8 Å². The summed E-state index contributed by atoms with van der Waals surface area (Å²) in [6.45, 7) is 9.47. The van der Waals surface area contributed by atoms with E-state index in [2.05, 4.69) is 24.5 Å². The Morgan fingerprint density at radius 1 is 0.953 bits per heavy atom. The van der Waals surface area contributed by atoms with E-state index < -0.39 is 35.6 Å². The molecule has 0 saturated heterocycles. The lowest BCUT2D eigenvalue weighted by Gasteiger charge is -2.19. The average Bonchev–Trinajstić information content (AvgIpc) is 2.92. The molecule has 3 aromatic rings. The van der Waals surface area contributed by atoms with Gasteiger partial charge in [0.2, 0.25) is 5.91 Å². The first-order valence-corrected chi connectivity index (χ1v) is 14.7. The van der Waals surface area contributed by atoms with Crippen LogP contribution in [0.1, 0.15) is 67.6 Å². The second-order valence-corrected chi connectivity index (χ2v) is 12.3. The number of benzene rings is 3. The quantitative estimate of drug-likeness (QED) is 0.0919. The van der Waals surface area contributed by atoms with Crippen molar-refractivity contribution >= 4 is 58.3 Å². The zero-order valence-electron chi connectivity index (χ0n) is 24.6. The lowest BCUT2D eigenvalue weighted by Crippen LogP contribution is -2.41. The third kappa shape index (κ3) is 10.9. The molecular formula is C33H35IN2O7. The molecule has 2 amide bonds. The van der Waals surface area contributed by atoms with Crippen molar-refractivity contribution in [3.8, 4) is 5.75 Å². The van der Waals surface area contributed by atoms with Gasteiger partial charge in [0.15, 0.2) is 0 Å². The summed E-state index contributed by atoms with van der Waals surface area (Å²) >= 11 is 2.00. The highest BCUT2D eigenvalue weighted by atomic mass is 127. The number of esters is 1. The molecule has 0 fully saturated rings. The molecule has 0 spiro atoms. The Morgan fingerprint density at radius 3 is 2.16 bits per heavy atom. The maximum atomic E-state index is 12.7. The van der Waals surface area contributed by atoms with Crippen LogP contribution in [-0.4, -0.2) is 40.7 Å². The van der Waals surface area contributed by atoms with E-state index >= 15 is 0 Å². The summed E-state index contributed by atoms with van der Waals surface area (Å²) in [5.41, 5.74) is 2.75. The van der Waals surface area contributed by atoms with Gasteiger partial charge in [-0.1, -0.05) is 44.2 Å². The number of carboxylic acid groups (broad SMARTS) is 1. The van der Waals surface area contributed by atoms with E-state index in [1.807, 2.05) is 46.9 Å². The number of amides is 2. The molecule has 0 aliphatic heterocycles. The maximum Gasteiger partial charge on any atom is 0.412 e. The van der Waals surface area contributed by atoms with Gasteiger partial charge in [-0.2, -0.15) is 0 Å². The van der Waals surface area contributed by atoms with Gasteiger partial charge in [0, 0.05) is 18.2 Å². The van der Waals surface area contributed by atoms with Crippen LogP contribution in [0.3, 0.4) is 0 Å². The standard InChI is InChI=1S/C33H35IN2O7/c1-20(2)23-10-6-21(7-11-23)9-17-29(37)36-27(30(38)39)19-22-8-16-28(26(34)18-22)42-31(40)24-12-14-25(15-13-24)35-32(41)43-33(3,4)5/h6-18,20,27H,19H2,1-5H3,(H,35,41)(H,36,37)(H,38,39)/b17-9+. The predicted octanol–water partition coefficient (Wildman–Crippen LogP) is 6.81. The van der Waals surface area contributed by atoms with Gasteiger partial charge >= 0.3 is 18.0 Å². The first kappa shape index (κ1) is 33.3. The number of hydrogen-bond donors (Lipinski definition) is 3. The number of rotatable bonds is 10. The molecule has 0 radical (unpaired) electrons. The Balaban J connectivity index is 1.58. The molecule has 3 N–H and O–H groups in total. The van der Waals surface area contributed by atoms with Crippen LogP contribution in [0.4, 0.5) is 10.5 Å². The summed E-state index contributed by atoms with van der Waals surface area (Å²) in [5, 5.41) is 14.8. The van der Waals surface area contributed by atoms with E-state index in [0.29, 0.717) is 26.5 Å². The Bertz CT molecular complexity index is 1490. The lowest BCUT2D eigenvalue weighted by atomic mass is 10.0. The molecule has 0 bridgehead atoms. The topological polar surface area (TPSA) is 131 Å². The van der Waals surface area contributed by atoms with Crippen LogP contribution in [0.15, 0.2) is 72.8 Å². The van der Waals surface area contributed by atoms with Gasteiger partial charge in [-0.15, -0.1) is 0 Å². The lowest BCUT2D eigenvalue weighted by molar-refractivity contribution is -0.141. The number of carboxylic acids is 1. The number of hydrogen-bond acceptors (Lipinski definition) is 6. The number of carbonyl (C=O) groups excluding carboxylic acids is 3. The summed E-state index contributed by atoms with van der Waals surface area (Å²) in [7, 11) is 0. The normalized spacial score (nSPS) is 12.1. The van der Waals surface area contributed by atoms with Crippen LogP contribution in [0.25, 0.3) is 6.08 Å². The monoisotopic (exact) mass is 698 g/mol. The summed E-state index contributed by atoms with van der Waals surface area (Å²) in [6.07, 6.45) is 2.38. The van der Waals surface area contributed by atoms with Crippen LogP contribution in [0.5, 0.6) is 5.75 Å². The van der Waals surface area contributed by atoms with Crippen molar-refractivity contribution in [2.75, 3.05) is 5.32 Å². The highest BCUT2D eigenvalue weighted by Gasteiger charge is 2.21. The molecule has 0 aliphatic rings. The number of anilines is 1. The van der Waals surface area contributed by atoms with Crippen LogP contribution in [0.2, 0.25) is 0 Å². The first-order chi connectivity index (χ1) is 20.2. The molecule has 9 nitrogen and oxygen atoms in total. The van der Waals surface area contributed by atoms with Crippen molar-refractivity contribution in [2.24, 2.45) is 0 Å². The molecule has 226 valence electrons. The van der Waals surface area contributed by atoms with Gasteiger partial charge < -0.3 is 19.9 Å². The number of carbonyl (C=O) groups is 4. The van der Waals surface area contributed by atoms with E-state index in [-0.39, 0.29) is 12.0 Å². The molecule has 43 heavy (non-hydrogen) atoms. The molecule has 0 saturated carbocycles. The summed E-state index contributed by atoms with van der Waals surface area (Å²) in [4.78, 5) is 49.0. The van der Waals surface area contributed by atoms with Gasteiger partial charge in [0.25, 0.3) is 0 Å². The Morgan fingerprint density at radius 2 is 1.60 bits per heavy atom. The van der Waals surface area contributed by atoms with Gasteiger partial charge in [-0.05, 0) is 108 Å². The van der Waals surface area contributed by atoms with Crippen molar-refractivity contribution in [3.63, 3.8) is 0 Å². The first-order valence-electron chi connectivity index (χ1n) is 13.6. The molecule has 10 heteroatoms. The zero-order valence-corrected chi connectivity index (χ0v) is 26.8. The zero-order chi connectivity index (χ0) is 31.7. The highest BCUT2D eigenvalue weighted by molar-refractivity contribution is 14.1. The smallest absolute Gasteiger partial charge is 0.412 e. The fourth-order valence-corrected chi connectivity index (χ4v) is 4.53. The highest BCUT2D eigenvalue weighted by Crippen LogP contribution is 2.24. The molecular weight excluding hydrogens is 663 g/mol. The number of ether oxygens (including phenoxy) is 2. The minimum atomic E-state index is -1.17. The summed E-state index contributed by atoms with van der Waals surface area (Å²) in [5.74, 6) is -1.59. The molecule has 1 unspecified atom stereocenters. The summed E-state index contributed by atoms with van der Waals surface area (Å²) in [6, 6.07) is 17.7. The van der Waals surface area contributed by atoms with Crippen molar-refractivity contribution in [2.45, 2.75) is 58.6 Å². The van der Waals surface area contributed by atoms with E-state index in [1.54, 1.807) is 57.2 Å². The van der Waals surface area contributed by atoms with Crippen LogP contribution >= 0.6 is 22.6 Å². The van der Waals surface area contributed by atoms with E-state index in [1.165, 1.54) is 23.8 Å². The van der Waals surface area contributed by atoms with Crippen LogP contribution in [0, 0.1) is 3.57 Å². The van der Waals surface area contributed by atoms with Gasteiger partial charge in [-0.25, -0.2) is 14.4 Å². The molecule has 0 aromatic heterocycles. The minimum Gasteiger partial charge on any atom is -0.480 e. The SMILES string of the molecule is CC(C)c1ccc(/C=C/C(=O)NC(Cc2ccc(OC(=O)c3ccc(NC(=O)OC(C)(C)C)cc3)c(I)c2)C(=O)O)cc1. The summed E-state index contributed by atoms with van der Waals surface area (Å²) < 4.78 is 11.3. The second-order valence-electron chi connectivity index (χ2n) is 11.1. The molecule has 0 heterocycles. The van der Waals surface area contributed by atoms with Crippen LogP contribution in [-0.2, 0) is 20.7 Å². The molecule has 3 rings (SSSR count). The van der Waals surface area contributed by atoms with Gasteiger partial charge in [-0.3, -0.25) is 10.1 Å². The number of aliphatic carboxylic acids is 1. The average molecular weight is 699 g/mol. The minimum absolute atomic E-state index is 0.0360. The number of nitrogens with one attached hydrogen (secondary N) is 2. The van der Waals surface area contributed by atoms with Gasteiger partial charge in [0.05, 0.1) is 9.13 Å². The van der Waals surface area contributed by atoms with E-state index in [9.17, 15) is 24.3 Å². The third-order valence-electron chi connectivity index (χ3n) is 6.05. The Labute approximate surface area is 264 Å². The van der Waals surface area contributed by atoms with E-state index in [4.69, 9.17) is 9.47 Å². The third-order valence-corrected chi connectivity index (χ3v) is 6.89. The van der Waals surface area contributed by atoms with E-state index in [0.717, 1.165) is 5.56 Å². The maximum absolute atomic E-state index is 12.7. The largest absolute Gasteiger partial charge is 0.480 e. The molecule has 0 aliphatic carbocycles. The fraction of sp³-hybridized carbons (Fsp3) is 0.273. The Hall–Kier alpha value is -4.19. The molecule has 3 aromatic carbocycles. The van der Waals surface area contributed by atoms with Crippen molar-refractivity contribution in [3.05, 3.63) is 98.6 Å². The fourth-order valence-electron chi connectivity index (χ4n) is 3.84. The van der Waals surface area contributed by atoms with Gasteiger partial charge in [0.1, 0.15) is 17.4 Å². The number of halogens is 1. The predicted molar refractivity (Wildman–Crippen MR) is 173 cm³/mol. The van der Waals surface area contributed by atoms with Crippen LogP contribution < -0.4 is 15.4 Å². The molecule has 1 atom stereocenters. The van der Waals surface area contributed by atoms with Crippen molar-refractivity contribution in [1.82, 2.24) is 5.32 Å².